The lowest BCUT2D eigenvalue weighted by Gasteiger charge is -2.19. The van der Waals surface area contributed by atoms with Crippen LogP contribution < -0.4 is 5.32 Å². The summed E-state index contributed by atoms with van der Waals surface area (Å²) in [5.41, 5.74) is 1.04. The van der Waals surface area contributed by atoms with Gasteiger partial charge in [0.25, 0.3) is 0 Å². The van der Waals surface area contributed by atoms with E-state index in [0.717, 1.165) is 35.0 Å². The lowest BCUT2D eigenvalue weighted by molar-refractivity contribution is 0.528. The first-order valence-corrected chi connectivity index (χ1v) is 7.91. The zero-order chi connectivity index (χ0) is 13.7. The molecule has 0 aliphatic carbocycles. The van der Waals surface area contributed by atoms with Gasteiger partial charge in [-0.1, -0.05) is 30.1 Å². The van der Waals surface area contributed by atoms with Gasteiger partial charge in [0.05, 0.1) is 5.01 Å². The topological polar surface area (TPSA) is 24.9 Å². The van der Waals surface area contributed by atoms with Gasteiger partial charge in [0, 0.05) is 34.1 Å². The maximum absolute atomic E-state index is 6.29. The van der Waals surface area contributed by atoms with Crippen LogP contribution in [0.2, 0.25) is 10.0 Å². The molecule has 0 saturated carbocycles. The molecule has 1 atom stereocenters. The van der Waals surface area contributed by atoms with Crippen LogP contribution in [0, 0.1) is 0 Å². The fourth-order valence-electron chi connectivity index (χ4n) is 1.92. The molecule has 19 heavy (non-hydrogen) atoms. The Bertz CT molecular complexity index is 514. The molecule has 1 aromatic heterocycles. The Morgan fingerprint density at radius 3 is 2.89 bits per heavy atom. The smallest absolute Gasteiger partial charge is 0.0943 e. The fourth-order valence-corrected chi connectivity index (χ4v) is 3.01. The number of halogens is 2. The second-order valence-electron chi connectivity index (χ2n) is 4.30. The SMILES string of the molecule is CCCNC(Cc1nccs1)c1cc(Cl)ccc1Cl. The molecule has 0 bridgehead atoms. The fraction of sp³-hybridized carbons (Fsp3) is 0.357. The second kappa shape index (κ2) is 7.25. The van der Waals surface area contributed by atoms with Gasteiger partial charge in [-0.3, -0.25) is 0 Å². The number of nitrogens with zero attached hydrogens (tertiary/aromatic N) is 1. The van der Waals surface area contributed by atoms with Gasteiger partial charge < -0.3 is 5.32 Å². The van der Waals surface area contributed by atoms with E-state index in [1.807, 2.05) is 29.8 Å². The second-order valence-corrected chi connectivity index (χ2v) is 6.13. The van der Waals surface area contributed by atoms with Gasteiger partial charge in [0.1, 0.15) is 0 Å². The number of hydrogen-bond donors (Lipinski definition) is 1. The van der Waals surface area contributed by atoms with Gasteiger partial charge in [-0.25, -0.2) is 4.98 Å². The zero-order valence-electron chi connectivity index (χ0n) is 10.7. The summed E-state index contributed by atoms with van der Waals surface area (Å²) in [4.78, 5) is 4.34. The van der Waals surface area contributed by atoms with Crippen LogP contribution >= 0.6 is 34.5 Å². The highest BCUT2D eigenvalue weighted by atomic mass is 35.5. The van der Waals surface area contributed by atoms with Crippen LogP contribution in [0.15, 0.2) is 29.8 Å². The molecule has 1 N–H and O–H groups in total. The van der Waals surface area contributed by atoms with Gasteiger partial charge in [-0.15, -0.1) is 11.3 Å². The summed E-state index contributed by atoms with van der Waals surface area (Å²) in [5.74, 6) is 0. The highest BCUT2D eigenvalue weighted by Crippen LogP contribution is 2.29. The third kappa shape index (κ3) is 4.18. The van der Waals surface area contributed by atoms with Crippen molar-refractivity contribution in [1.82, 2.24) is 10.3 Å². The van der Waals surface area contributed by atoms with Crippen LogP contribution in [0.4, 0.5) is 0 Å². The molecule has 2 aromatic rings. The van der Waals surface area contributed by atoms with Crippen molar-refractivity contribution in [2.45, 2.75) is 25.8 Å². The minimum Gasteiger partial charge on any atom is -0.310 e. The predicted molar refractivity (Wildman–Crippen MR) is 83.3 cm³/mol. The van der Waals surface area contributed by atoms with Crippen LogP contribution in [-0.2, 0) is 6.42 Å². The Labute approximate surface area is 127 Å². The molecule has 5 heteroatoms. The van der Waals surface area contributed by atoms with Crippen LogP contribution in [0.5, 0.6) is 0 Å². The molecule has 102 valence electrons. The van der Waals surface area contributed by atoms with E-state index in [1.54, 1.807) is 11.3 Å². The molecular weight excluding hydrogens is 299 g/mol. The van der Waals surface area contributed by atoms with Crippen molar-refractivity contribution in [3.8, 4) is 0 Å². The maximum atomic E-state index is 6.29. The van der Waals surface area contributed by atoms with E-state index in [9.17, 15) is 0 Å². The summed E-state index contributed by atoms with van der Waals surface area (Å²) in [6, 6.07) is 5.75. The monoisotopic (exact) mass is 314 g/mol. The van der Waals surface area contributed by atoms with Crippen LogP contribution in [0.25, 0.3) is 0 Å². The van der Waals surface area contributed by atoms with E-state index in [-0.39, 0.29) is 6.04 Å². The number of benzene rings is 1. The van der Waals surface area contributed by atoms with E-state index in [2.05, 4.69) is 17.2 Å². The van der Waals surface area contributed by atoms with Gasteiger partial charge in [0.15, 0.2) is 0 Å². The Morgan fingerprint density at radius 1 is 1.37 bits per heavy atom. The lowest BCUT2D eigenvalue weighted by atomic mass is 10.0. The molecule has 0 aliphatic heterocycles. The molecule has 0 radical (unpaired) electrons. The van der Waals surface area contributed by atoms with Crippen molar-refractivity contribution in [3.63, 3.8) is 0 Å². The van der Waals surface area contributed by atoms with Gasteiger partial charge in [-0.05, 0) is 36.7 Å². The van der Waals surface area contributed by atoms with Crippen LogP contribution in [-0.4, -0.2) is 11.5 Å². The zero-order valence-corrected chi connectivity index (χ0v) is 13.0. The number of thiazole rings is 1. The first kappa shape index (κ1) is 14.8. The molecule has 0 amide bonds. The lowest BCUT2D eigenvalue weighted by Crippen LogP contribution is -2.24. The quantitative estimate of drug-likeness (QED) is 0.833. The maximum Gasteiger partial charge on any atom is 0.0943 e. The van der Waals surface area contributed by atoms with E-state index < -0.39 is 0 Å². The number of rotatable bonds is 6. The molecule has 2 rings (SSSR count). The van der Waals surface area contributed by atoms with Gasteiger partial charge >= 0.3 is 0 Å². The highest BCUT2D eigenvalue weighted by Gasteiger charge is 2.16. The molecule has 0 saturated heterocycles. The third-order valence-corrected chi connectivity index (χ3v) is 4.22. The summed E-state index contributed by atoms with van der Waals surface area (Å²) in [7, 11) is 0. The normalized spacial score (nSPS) is 12.6. The standard InChI is InChI=1S/C14H16Cl2N2S/c1-2-5-17-13(9-14-18-6-7-19-14)11-8-10(15)3-4-12(11)16/h3-4,6-8,13,17H,2,5,9H2,1H3. The van der Waals surface area contributed by atoms with Crippen molar-refractivity contribution in [3.05, 3.63) is 50.4 Å². The Kier molecular flexibility index (Phi) is 5.64. The summed E-state index contributed by atoms with van der Waals surface area (Å²) in [6.07, 6.45) is 3.74. The average Bonchev–Trinajstić information content (AvgIpc) is 2.90. The highest BCUT2D eigenvalue weighted by molar-refractivity contribution is 7.09. The minimum atomic E-state index is 0.150. The van der Waals surface area contributed by atoms with Gasteiger partial charge in [0.2, 0.25) is 0 Å². The number of hydrogen-bond acceptors (Lipinski definition) is 3. The third-order valence-electron chi connectivity index (χ3n) is 2.84. The molecule has 0 fully saturated rings. The summed E-state index contributed by atoms with van der Waals surface area (Å²) in [6.45, 7) is 3.09. The number of nitrogens with one attached hydrogen (secondary N) is 1. The summed E-state index contributed by atoms with van der Waals surface area (Å²) < 4.78 is 0. The van der Waals surface area contributed by atoms with Crippen molar-refractivity contribution >= 4 is 34.5 Å². The van der Waals surface area contributed by atoms with E-state index in [1.165, 1.54) is 0 Å². The average molecular weight is 315 g/mol. The summed E-state index contributed by atoms with van der Waals surface area (Å²) >= 11 is 14.0. The molecule has 2 nitrogen and oxygen atoms in total. The molecule has 0 spiro atoms. The Hall–Kier alpha value is -0.610. The molecular formula is C14H16Cl2N2S. The molecule has 1 unspecified atom stereocenters. The van der Waals surface area contributed by atoms with E-state index in [4.69, 9.17) is 23.2 Å². The number of aromatic nitrogens is 1. The Balaban J connectivity index is 2.23. The van der Waals surface area contributed by atoms with E-state index >= 15 is 0 Å². The predicted octanol–water partition coefficient (Wildman–Crippen LogP) is 4.73. The first-order chi connectivity index (χ1) is 9.20. The van der Waals surface area contributed by atoms with Crippen molar-refractivity contribution in [2.75, 3.05) is 6.54 Å². The van der Waals surface area contributed by atoms with Crippen LogP contribution in [0.3, 0.4) is 0 Å². The van der Waals surface area contributed by atoms with Crippen molar-refractivity contribution < 1.29 is 0 Å². The van der Waals surface area contributed by atoms with Gasteiger partial charge in [-0.2, -0.15) is 0 Å². The molecule has 1 heterocycles. The van der Waals surface area contributed by atoms with Crippen molar-refractivity contribution in [1.29, 1.82) is 0 Å². The molecule has 1 aromatic carbocycles. The van der Waals surface area contributed by atoms with Crippen LogP contribution in [0.1, 0.15) is 30.0 Å². The van der Waals surface area contributed by atoms with Crippen molar-refractivity contribution in [2.24, 2.45) is 0 Å². The first-order valence-electron chi connectivity index (χ1n) is 6.27. The molecule has 0 aliphatic rings. The van der Waals surface area contributed by atoms with E-state index in [0.29, 0.717) is 5.02 Å². The largest absolute Gasteiger partial charge is 0.310 e. The Morgan fingerprint density at radius 2 is 2.21 bits per heavy atom. The summed E-state index contributed by atoms with van der Waals surface area (Å²) in [5, 5.41) is 8.06. The minimum absolute atomic E-state index is 0.150.